The fourth-order valence-corrected chi connectivity index (χ4v) is 12.7. The maximum absolute atomic E-state index is 2.62. The second-order valence-corrected chi connectivity index (χ2v) is 21.0. The molecule has 1 aliphatic carbocycles. The minimum Gasteiger partial charge on any atom is -0.311 e. The first-order valence-electron chi connectivity index (χ1n) is 24.6. The van der Waals surface area contributed by atoms with Crippen molar-refractivity contribution in [3.63, 3.8) is 0 Å². The second kappa shape index (κ2) is 16.9. The van der Waals surface area contributed by atoms with E-state index < -0.39 is 0 Å². The Labute approximate surface area is 416 Å². The van der Waals surface area contributed by atoms with Crippen molar-refractivity contribution < 1.29 is 0 Å². The summed E-state index contributed by atoms with van der Waals surface area (Å²) in [6.07, 6.45) is 0. The Hall–Kier alpha value is -5.08. The van der Waals surface area contributed by atoms with Crippen molar-refractivity contribution in [2.45, 2.75) is 19.3 Å². The van der Waals surface area contributed by atoms with Gasteiger partial charge in [0.2, 0.25) is 0 Å². The molecule has 8 aromatic rings. The molecule has 8 aromatic carbocycles. The molecule has 1 nitrogen and oxygen atoms in total. The maximum atomic E-state index is 2.62. The molecule has 1 aliphatic rings. The molecule has 0 saturated carbocycles. The summed E-state index contributed by atoms with van der Waals surface area (Å²) in [6, 6.07) is 32.4. The summed E-state index contributed by atoms with van der Waals surface area (Å²) in [5.74, 6) is 0. The van der Waals surface area contributed by atoms with E-state index in [0.717, 1.165) is 5.69 Å². The molecule has 0 fully saturated rings. The number of hydrogen-bond acceptors (Lipinski definition) is 1. The summed E-state index contributed by atoms with van der Waals surface area (Å²) in [7, 11) is 39.5. The SMILES string of the molecule is Bc1c(B)c(B)c(-c2ccccc2N(c2ccc(-c3ccc(-c4c(B)c(B)c(B)c(B)c4B)c4ccccc34)cc2)c2c(B)c(B)c3c(c2B)C(C)(C)c2c(B)c(B)c(B)c(B)c2-3)c(B)c1B. The first-order valence-corrected chi connectivity index (χ1v) is 24.6. The lowest BCUT2D eigenvalue weighted by Crippen LogP contribution is -2.55. The molecular formula is C49H54B17N. The van der Waals surface area contributed by atoms with Crippen molar-refractivity contribution in [2.75, 3.05) is 4.90 Å². The van der Waals surface area contributed by atoms with E-state index >= 15 is 0 Å². The van der Waals surface area contributed by atoms with E-state index in [1.807, 2.05) is 0 Å². The molecule has 18 heteroatoms. The van der Waals surface area contributed by atoms with Crippen molar-refractivity contribution >= 4 is 254 Å². The van der Waals surface area contributed by atoms with Crippen LogP contribution >= 0.6 is 0 Å². The van der Waals surface area contributed by atoms with Gasteiger partial charge in [-0.2, -0.15) is 0 Å². The molecule has 67 heavy (non-hydrogen) atoms. The molecule has 0 spiro atoms. The average molecular weight is 841 g/mol. The van der Waals surface area contributed by atoms with Gasteiger partial charge < -0.3 is 4.90 Å². The van der Waals surface area contributed by atoms with E-state index in [-0.39, 0.29) is 5.41 Å². The highest BCUT2D eigenvalue weighted by Gasteiger charge is 2.42. The first kappa shape index (κ1) is 47.0. The maximum Gasteiger partial charge on any atom is 0.142 e. The summed E-state index contributed by atoms with van der Waals surface area (Å²) in [5.41, 5.74) is 40.6. The van der Waals surface area contributed by atoms with Gasteiger partial charge in [0, 0.05) is 22.4 Å². The fourth-order valence-electron chi connectivity index (χ4n) is 12.7. The molecule has 0 aliphatic heterocycles. The van der Waals surface area contributed by atoms with Crippen LogP contribution in [0.5, 0.6) is 0 Å². The van der Waals surface area contributed by atoms with E-state index in [9.17, 15) is 0 Å². The highest BCUT2D eigenvalue weighted by molar-refractivity contribution is 6.71. The smallest absolute Gasteiger partial charge is 0.142 e. The van der Waals surface area contributed by atoms with Gasteiger partial charge in [-0.05, 0) is 79.0 Å². The van der Waals surface area contributed by atoms with Gasteiger partial charge in [0.25, 0.3) is 0 Å². The number of anilines is 3. The Morgan fingerprint density at radius 1 is 0.313 bits per heavy atom. The van der Waals surface area contributed by atoms with Gasteiger partial charge in [-0.15, -0.1) is 43.7 Å². The van der Waals surface area contributed by atoms with Crippen LogP contribution in [-0.4, -0.2) is 133 Å². The molecule has 0 aromatic heterocycles. The minimum absolute atomic E-state index is 0.178. The monoisotopic (exact) mass is 844 g/mol. The molecule has 0 radical (unpaired) electrons. The number of benzene rings is 8. The van der Waals surface area contributed by atoms with Crippen LogP contribution in [0.2, 0.25) is 0 Å². The lowest BCUT2D eigenvalue weighted by atomic mass is 9.59. The van der Waals surface area contributed by atoms with E-state index in [2.05, 4.69) is 237 Å². The van der Waals surface area contributed by atoms with Crippen LogP contribution in [0.15, 0.2) is 84.9 Å². The van der Waals surface area contributed by atoms with Gasteiger partial charge in [-0.1, -0.05) is 130 Å². The lowest BCUT2D eigenvalue weighted by Gasteiger charge is -2.36. The molecular weight excluding hydrogens is 786 g/mol. The zero-order valence-corrected chi connectivity index (χ0v) is 44.0. The van der Waals surface area contributed by atoms with E-state index in [4.69, 9.17) is 0 Å². The van der Waals surface area contributed by atoms with Gasteiger partial charge in [0.1, 0.15) is 133 Å². The van der Waals surface area contributed by atoms with Crippen LogP contribution < -0.4 is 97.8 Å². The molecule has 0 N–H and O–H groups in total. The Balaban J connectivity index is 1.30. The van der Waals surface area contributed by atoms with E-state index in [1.54, 1.807) is 0 Å². The normalized spacial score (nSPS) is 12.6. The molecule has 306 valence electrons. The molecule has 0 bridgehead atoms. The van der Waals surface area contributed by atoms with Crippen molar-refractivity contribution in [2.24, 2.45) is 0 Å². The Morgan fingerprint density at radius 2 is 0.687 bits per heavy atom. The van der Waals surface area contributed by atoms with Crippen LogP contribution in [0.3, 0.4) is 0 Å². The number of fused-ring (bicyclic) bond motifs is 4. The third kappa shape index (κ3) is 6.83. The average Bonchev–Trinajstić information content (AvgIpc) is 3.58. The van der Waals surface area contributed by atoms with Crippen molar-refractivity contribution in [3.8, 4) is 44.5 Å². The molecule has 0 saturated heterocycles. The van der Waals surface area contributed by atoms with Crippen LogP contribution in [0.1, 0.15) is 25.0 Å². The summed E-state index contributed by atoms with van der Waals surface area (Å²) < 4.78 is 0. The van der Waals surface area contributed by atoms with Crippen LogP contribution in [-0.2, 0) is 5.41 Å². The Bertz CT molecular complexity index is 3420. The van der Waals surface area contributed by atoms with Gasteiger partial charge in [0.15, 0.2) is 0 Å². The van der Waals surface area contributed by atoms with Gasteiger partial charge >= 0.3 is 0 Å². The Kier molecular flexibility index (Phi) is 11.8. The highest BCUT2D eigenvalue weighted by atomic mass is 15.1. The third-order valence-corrected chi connectivity index (χ3v) is 17.7. The first-order chi connectivity index (χ1) is 31.6. The number of rotatable bonds is 6. The number of nitrogens with zero attached hydrogens (tertiary/aromatic N) is 1. The molecule has 0 amide bonds. The summed E-state index contributed by atoms with van der Waals surface area (Å²) in [5, 5.41) is 2.57. The number of para-hydroxylation sites is 1. The zero-order valence-electron chi connectivity index (χ0n) is 44.0. The van der Waals surface area contributed by atoms with E-state index in [1.165, 1.54) is 171 Å². The predicted octanol–water partition coefficient (Wildman–Crippen LogP) is -16.0. The molecule has 9 rings (SSSR count). The van der Waals surface area contributed by atoms with Crippen LogP contribution in [0.4, 0.5) is 17.1 Å². The topological polar surface area (TPSA) is 3.24 Å². The van der Waals surface area contributed by atoms with Gasteiger partial charge in [0.05, 0.1) is 5.69 Å². The predicted molar refractivity (Wildman–Crippen MR) is 352 cm³/mol. The van der Waals surface area contributed by atoms with Crippen LogP contribution in [0, 0.1) is 0 Å². The summed E-state index contributed by atoms with van der Waals surface area (Å²) in [6.45, 7) is 4.95. The van der Waals surface area contributed by atoms with Gasteiger partial charge in [-0.3, -0.25) is 0 Å². The fraction of sp³-hybridized carbons (Fsp3) is 0.0612. The van der Waals surface area contributed by atoms with Crippen molar-refractivity contribution in [1.82, 2.24) is 0 Å². The molecule has 0 atom stereocenters. The number of hydrogen-bond donors (Lipinski definition) is 0. The minimum atomic E-state index is -0.178. The standard InChI is InChI=1S/C49H54B17N/c1-49(2)29-27(35(54)43(62)44(63)37(29)56)28-30(49)38(57)48(47(66)36(28)55)67(24-10-6-5-9-23(24)26-33(52)41(60)46(65)42(61)34(26)53)18-13-11-17(12-14-18)19-15-16-22(21-8-4-3-7-20(19)21)25-31(50)39(58)45(64)40(59)32(25)51/h3-16H,50-66H2,1-2H3. The quantitative estimate of drug-likeness (QED) is 0.151. The summed E-state index contributed by atoms with van der Waals surface area (Å²) in [4.78, 5) is 2.62. The third-order valence-electron chi connectivity index (χ3n) is 17.7. The highest BCUT2D eigenvalue weighted by Crippen LogP contribution is 2.47. The zero-order chi connectivity index (χ0) is 48.5. The molecule has 0 heterocycles. The Morgan fingerprint density at radius 3 is 1.21 bits per heavy atom. The largest absolute Gasteiger partial charge is 0.311 e. The van der Waals surface area contributed by atoms with E-state index in [0.29, 0.717) is 0 Å². The molecule has 0 unspecified atom stereocenters. The van der Waals surface area contributed by atoms with Crippen LogP contribution in [0.25, 0.3) is 55.3 Å². The van der Waals surface area contributed by atoms with Gasteiger partial charge in [-0.25, -0.2) is 0 Å². The van der Waals surface area contributed by atoms with Crippen molar-refractivity contribution in [1.29, 1.82) is 0 Å². The second-order valence-electron chi connectivity index (χ2n) is 21.0. The lowest BCUT2D eigenvalue weighted by molar-refractivity contribution is 0.669. The van der Waals surface area contributed by atoms with Crippen molar-refractivity contribution in [3.05, 3.63) is 96.1 Å². The summed E-state index contributed by atoms with van der Waals surface area (Å²) >= 11 is 0.